The maximum Gasteiger partial charge on any atom is 0.123 e. The second kappa shape index (κ2) is 5.39. The van der Waals surface area contributed by atoms with Gasteiger partial charge in [-0.05, 0) is 36.8 Å². The number of halogens is 2. The van der Waals surface area contributed by atoms with Crippen molar-refractivity contribution in [1.82, 2.24) is 0 Å². The predicted octanol–water partition coefficient (Wildman–Crippen LogP) is 4.08. The SMILES string of the molecule is CC(O)(Cc1cccc(F)c1)Cc1ccc(Cl)s1. The molecule has 1 nitrogen and oxygen atoms in total. The summed E-state index contributed by atoms with van der Waals surface area (Å²) in [7, 11) is 0. The smallest absolute Gasteiger partial charge is 0.123 e. The molecule has 0 bridgehead atoms. The summed E-state index contributed by atoms with van der Waals surface area (Å²) < 4.78 is 13.8. The van der Waals surface area contributed by atoms with Gasteiger partial charge in [0.15, 0.2) is 0 Å². The molecule has 2 rings (SSSR count). The Labute approximate surface area is 115 Å². The lowest BCUT2D eigenvalue weighted by atomic mass is 9.92. The number of benzene rings is 1. The Kier molecular flexibility index (Phi) is 4.05. The van der Waals surface area contributed by atoms with E-state index < -0.39 is 5.60 Å². The van der Waals surface area contributed by atoms with E-state index >= 15 is 0 Å². The third-order valence-electron chi connectivity index (χ3n) is 2.66. The highest BCUT2D eigenvalue weighted by molar-refractivity contribution is 7.16. The zero-order valence-electron chi connectivity index (χ0n) is 9.99. The molecule has 18 heavy (non-hydrogen) atoms. The molecule has 1 aromatic carbocycles. The summed E-state index contributed by atoms with van der Waals surface area (Å²) >= 11 is 7.32. The van der Waals surface area contributed by atoms with E-state index in [9.17, 15) is 9.50 Å². The van der Waals surface area contributed by atoms with Gasteiger partial charge in [0.05, 0.1) is 9.94 Å². The summed E-state index contributed by atoms with van der Waals surface area (Å²) in [6, 6.07) is 10.1. The quantitative estimate of drug-likeness (QED) is 0.897. The summed E-state index contributed by atoms with van der Waals surface area (Å²) in [6.45, 7) is 1.76. The number of rotatable bonds is 4. The number of thiophene rings is 1. The first-order valence-corrected chi connectivity index (χ1v) is 6.85. The fraction of sp³-hybridized carbons (Fsp3) is 0.286. The van der Waals surface area contributed by atoms with E-state index in [1.807, 2.05) is 18.2 Å². The van der Waals surface area contributed by atoms with Crippen molar-refractivity contribution in [2.24, 2.45) is 0 Å². The van der Waals surface area contributed by atoms with Gasteiger partial charge in [-0.3, -0.25) is 0 Å². The Hall–Kier alpha value is -0.900. The third-order valence-corrected chi connectivity index (χ3v) is 3.89. The first-order chi connectivity index (χ1) is 8.44. The summed E-state index contributed by atoms with van der Waals surface area (Å²) in [5, 5.41) is 10.4. The molecule has 0 saturated carbocycles. The summed E-state index contributed by atoms with van der Waals surface area (Å²) in [5.41, 5.74) is -0.107. The Bertz CT molecular complexity index is 536. The van der Waals surface area contributed by atoms with E-state index in [0.29, 0.717) is 17.2 Å². The van der Waals surface area contributed by atoms with Crippen molar-refractivity contribution in [1.29, 1.82) is 0 Å². The molecule has 0 spiro atoms. The number of hydrogen-bond donors (Lipinski definition) is 1. The highest BCUT2D eigenvalue weighted by atomic mass is 35.5. The highest BCUT2D eigenvalue weighted by Gasteiger charge is 2.22. The van der Waals surface area contributed by atoms with Gasteiger partial charge in [-0.1, -0.05) is 23.7 Å². The van der Waals surface area contributed by atoms with Crippen LogP contribution in [0.5, 0.6) is 0 Å². The van der Waals surface area contributed by atoms with Gasteiger partial charge in [-0.2, -0.15) is 0 Å². The van der Waals surface area contributed by atoms with Gasteiger partial charge in [0.2, 0.25) is 0 Å². The zero-order chi connectivity index (χ0) is 13.2. The predicted molar refractivity (Wildman–Crippen MR) is 73.8 cm³/mol. The van der Waals surface area contributed by atoms with Crippen molar-refractivity contribution in [2.45, 2.75) is 25.4 Å². The van der Waals surface area contributed by atoms with Crippen molar-refractivity contribution in [2.75, 3.05) is 0 Å². The van der Waals surface area contributed by atoms with Gasteiger partial charge in [0.25, 0.3) is 0 Å². The van der Waals surface area contributed by atoms with E-state index in [1.165, 1.54) is 23.5 Å². The lowest BCUT2D eigenvalue weighted by Crippen LogP contribution is -2.29. The zero-order valence-corrected chi connectivity index (χ0v) is 11.6. The van der Waals surface area contributed by atoms with Crippen LogP contribution in [0, 0.1) is 5.82 Å². The Morgan fingerprint density at radius 3 is 2.67 bits per heavy atom. The molecule has 0 saturated heterocycles. The molecule has 1 unspecified atom stereocenters. The van der Waals surface area contributed by atoms with Crippen LogP contribution >= 0.6 is 22.9 Å². The Balaban J connectivity index is 2.07. The first-order valence-electron chi connectivity index (χ1n) is 5.66. The normalized spacial score (nSPS) is 14.4. The van der Waals surface area contributed by atoms with Crippen LogP contribution in [-0.2, 0) is 12.8 Å². The van der Waals surface area contributed by atoms with E-state index in [1.54, 1.807) is 13.0 Å². The first kappa shape index (κ1) is 13.5. The van der Waals surface area contributed by atoms with Crippen molar-refractivity contribution < 1.29 is 9.50 Å². The van der Waals surface area contributed by atoms with Crippen LogP contribution < -0.4 is 0 Å². The number of hydrogen-bond acceptors (Lipinski definition) is 2. The third kappa shape index (κ3) is 3.80. The highest BCUT2D eigenvalue weighted by Crippen LogP contribution is 2.26. The van der Waals surface area contributed by atoms with Crippen LogP contribution in [0.25, 0.3) is 0 Å². The van der Waals surface area contributed by atoms with Gasteiger partial charge < -0.3 is 5.11 Å². The van der Waals surface area contributed by atoms with Crippen LogP contribution in [0.1, 0.15) is 17.4 Å². The van der Waals surface area contributed by atoms with Crippen LogP contribution in [-0.4, -0.2) is 10.7 Å². The molecular weight excluding hydrogens is 271 g/mol. The second-order valence-electron chi connectivity index (χ2n) is 4.69. The van der Waals surface area contributed by atoms with Crippen LogP contribution in [0.2, 0.25) is 4.34 Å². The van der Waals surface area contributed by atoms with Crippen LogP contribution in [0.3, 0.4) is 0 Å². The summed E-state index contributed by atoms with van der Waals surface area (Å²) in [6.07, 6.45) is 0.932. The lowest BCUT2D eigenvalue weighted by Gasteiger charge is -2.22. The largest absolute Gasteiger partial charge is 0.389 e. The minimum atomic E-state index is -0.901. The Morgan fingerprint density at radius 2 is 2.06 bits per heavy atom. The topological polar surface area (TPSA) is 20.2 Å². The van der Waals surface area contributed by atoms with Gasteiger partial charge >= 0.3 is 0 Å². The average Bonchev–Trinajstić information content (AvgIpc) is 2.62. The fourth-order valence-corrected chi connectivity index (χ4v) is 3.24. The standard InChI is InChI=1S/C14H14ClFOS/c1-14(17,9-12-5-6-13(15)18-12)8-10-3-2-4-11(16)7-10/h2-7,17H,8-9H2,1H3. The van der Waals surface area contributed by atoms with Crippen molar-refractivity contribution in [3.63, 3.8) is 0 Å². The monoisotopic (exact) mass is 284 g/mol. The molecular formula is C14H14ClFOS. The Morgan fingerprint density at radius 1 is 1.28 bits per heavy atom. The minimum Gasteiger partial charge on any atom is -0.389 e. The molecule has 0 aliphatic heterocycles. The minimum absolute atomic E-state index is 0.275. The van der Waals surface area contributed by atoms with Gasteiger partial charge in [-0.25, -0.2) is 4.39 Å². The van der Waals surface area contributed by atoms with Crippen molar-refractivity contribution in [3.05, 3.63) is 57.0 Å². The fourth-order valence-electron chi connectivity index (χ4n) is 1.97. The van der Waals surface area contributed by atoms with Crippen molar-refractivity contribution in [3.8, 4) is 0 Å². The molecule has 96 valence electrons. The molecule has 0 amide bonds. The summed E-state index contributed by atoms with van der Waals surface area (Å²) in [4.78, 5) is 1.03. The van der Waals surface area contributed by atoms with E-state index in [-0.39, 0.29) is 5.82 Å². The van der Waals surface area contributed by atoms with E-state index in [0.717, 1.165) is 10.4 Å². The van der Waals surface area contributed by atoms with Crippen molar-refractivity contribution >= 4 is 22.9 Å². The average molecular weight is 285 g/mol. The second-order valence-corrected chi connectivity index (χ2v) is 6.49. The maximum absolute atomic E-state index is 13.1. The molecule has 1 N–H and O–H groups in total. The van der Waals surface area contributed by atoms with E-state index in [4.69, 9.17) is 11.6 Å². The molecule has 1 heterocycles. The molecule has 1 atom stereocenters. The van der Waals surface area contributed by atoms with Gasteiger partial charge in [-0.15, -0.1) is 11.3 Å². The van der Waals surface area contributed by atoms with Crippen LogP contribution in [0.4, 0.5) is 4.39 Å². The molecule has 0 aliphatic carbocycles. The molecule has 2 aromatic rings. The molecule has 4 heteroatoms. The van der Waals surface area contributed by atoms with E-state index in [2.05, 4.69) is 0 Å². The van der Waals surface area contributed by atoms with Crippen LogP contribution in [0.15, 0.2) is 36.4 Å². The van der Waals surface area contributed by atoms with Gasteiger partial charge in [0, 0.05) is 17.7 Å². The molecule has 0 aliphatic rings. The molecule has 1 aromatic heterocycles. The molecule has 0 radical (unpaired) electrons. The maximum atomic E-state index is 13.1. The molecule has 0 fully saturated rings. The lowest BCUT2D eigenvalue weighted by molar-refractivity contribution is 0.0616. The number of aliphatic hydroxyl groups is 1. The van der Waals surface area contributed by atoms with Gasteiger partial charge in [0.1, 0.15) is 5.82 Å². The summed E-state index contributed by atoms with van der Waals surface area (Å²) in [5.74, 6) is -0.275.